The van der Waals surface area contributed by atoms with E-state index in [4.69, 9.17) is 15.9 Å². The van der Waals surface area contributed by atoms with Crippen LogP contribution in [0.3, 0.4) is 0 Å². The SMILES string of the molecule is Nc1nc(C(=O)NC(CCO)C(=O)O)cs1. The van der Waals surface area contributed by atoms with E-state index >= 15 is 0 Å². The minimum atomic E-state index is -1.20. The fourth-order valence-electron chi connectivity index (χ4n) is 1.01. The first-order valence-corrected chi connectivity index (χ1v) is 5.28. The molecule has 1 aromatic heterocycles. The minimum Gasteiger partial charge on any atom is -0.480 e. The van der Waals surface area contributed by atoms with Gasteiger partial charge in [-0.2, -0.15) is 0 Å². The Bertz CT molecular complexity index is 392. The van der Waals surface area contributed by atoms with Crippen LogP contribution < -0.4 is 11.1 Å². The van der Waals surface area contributed by atoms with E-state index in [1.165, 1.54) is 5.38 Å². The number of hydrogen-bond acceptors (Lipinski definition) is 6. The van der Waals surface area contributed by atoms with Gasteiger partial charge in [0, 0.05) is 18.4 Å². The van der Waals surface area contributed by atoms with E-state index in [0.717, 1.165) is 11.3 Å². The number of amides is 1. The van der Waals surface area contributed by atoms with Crippen molar-refractivity contribution in [2.75, 3.05) is 12.3 Å². The van der Waals surface area contributed by atoms with E-state index in [-0.39, 0.29) is 23.9 Å². The zero-order chi connectivity index (χ0) is 12.1. The third-order valence-corrected chi connectivity index (χ3v) is 2.45. The van der Waals surface area contributed by atoms with Crippen LogP contribution in [0, 0.1) is 0 Å². The Balaban J connectivity index is 2.65. The molecule has 0 fully saturated rings. The first-order chi connectivity index (χ1) is 7.54. The van der Waals surface area contributed by atoms with Gasteiger partial charge in [0.15, 0.2) is 5.13 Å². The number of carbonyl (C=O) groups is 2. The van der Waals surface area contributed by atoms with Gasteiger partial charge in [-0.15, -0.1) is 11.3 Å². The van der Waals surface area contributed by atoms with Gasteiger partial charge in [0.1, 0.15) is 11.7 Å². The lowest BCUT2D eigenvalue weighted by molar-refractivity contribution is -0.139. The van der Waals surface area contributed by atoms with Gasteiger partial charge in [-0.1, -0.05) is 0 Å². The number of aliphatic carboxylic acids is 1. The molecule has 0 aliphatic heterocycles. The molecule has 0 aliphatic carbocycles. The second-order valence-corrected chi connectivity index (χ2v) is 3.84. The number of anilines is 1. The summed E-state index contributed by atoms with van der Waals surface area (Å²) in [7, 11) is 0. The molecule has 5 N–H and O–H groups in total. The van der Waals surface area contributed by atoms with Gasteiger partial charge in [0.2, 0.25) is 0 Å². The van der Waals surface area contributed by atoms with Crippen molar-refractivity contribution in [3.05, 3.63) is 11.1 Å². The molecule has 1 rings (SSSR count). The third-order valence-electron chi connectivity index (χ3n) is 1.78. The van der Waals surface area contributed by atoms with Gasteiger partial charge in [-0.3, -0.25) is 4.79 Å². The van der Waals surface area contributed by atoms with E-state index < -0.39 is 17.9 Å². The maximum Gasteiger partial charge on any atom is 0.326 e. The highest BCUT2D eigenvalue weighted by molar-refractivity contribution is 7.13. The monoisotopic (exact) mass is 245 g/mol. The molecular weight excluding hydrogens is 234 g/mol. The molecule has 1 heterocycles. The second-order valence-electron chi connectivity index (χ2n) is 2.95. The number of nitrogens with one attached hydrogen (secondary N) is 1. The first-order valence-electron chi connectivity index (χ1n) is 4.40. The molecule has 0 radical (unpaired) electrons. The van der Waals surface area contributed by atoms with Crippen molar-refractivity contribution in [1.29, 1.82) is 0 Å². The fraction of sp³-hybridized carbons (Fsp3) is 0.375. The van der Waals surface area contributed by atoms with Crippen molar-refractivity contribution in [3.63, 3.8) is 0 Å². The second kappa shape index (κ2) is 5.42. The first kappa shape index (κ1) is 12.4. The van der Waals surface area contributed by atoms with Gasteiger partial charge in [-0.25, -0.2) is 9.78 Å². The molecule has 7 nitrogen and oxygen atoms in total. The van der Waals surface area contributed by atoms with Crippen LogP contribution in [0.15, 0.2) is 5.38 Å². The summed E-state index contributed by atoms with van der Waals surface area (Å²) < 4.78 is 0. The quantitative estimate of drug-likeness (QED) is 0.543. The Morgan fingerprint density at radius 2 is 2.31 bits per heavy atom. The van der Waals surface area contributed by atoms with Crippen molar-refractivity contribution in [2.45, 2.75) is 12.5 Å². The number of rotatable bonds is 5. The van der Waals surface area contributed by atoms with Crippen LogP contribution in [0.5, 0.6) is 0 Å². The fourth-order valence-corrected chi connectivity index (χ4v) is 1.55. The predicted molar refractivity (Wildman–Crippen MR) is 57.1 cm³/mol. The predicted octanol–water partition coefficient (Wildman–Crippen LogP) is -0.709. The van der Waals surface area contributed by atoms with E-state index in [1.807, 2.05) is 0 Å². The Morgan fingerprint density at radius 3 is 2.75 bits per heavy atom. The lowest BCUT2D eigenvalue weighted by Crippen LogP contribution is -2.41. The van der Waals surface area contributed by atoms with Crippen molar-refractivity contribution in [3.8, 4) is 0 Å². The normalized spacial score (nSPS) is 12.1. The van der Waals surface area contributed by atoms with Crippen LogP contribution in [0.25, 0.3) is 0 Å². The number of nitrogen functional groups attached to an aromatic ring is 1. The topological polar surface area (TPSA) is 126 Å². The molecule has 88 valence electrons. The average Bonchev–Trinajstić information content (AvgIpc) is 2.64. The standard InChI is InChI=1S/C8H11N3O4S/c9-8-11-5(3-16-8)6(13)10-4(1-2-12)7(14)15/h3-4,12H,1-2H2,(H2,9,11)(H,10,13)(H,14,15). The summed E-state index contributed by atoms with van der Waals surface area (Å²) in [6.45, 7) is -0.323. The lowest BCUT2D eigenvalue weighted by Gasteiger charge is -2.11. The molecule has 0 aliphatic rings. The summed E-state index contributed by atoms with van der Waals surface area (Å²) in [5, 5.41) is 21.3. The summed E-state index contributed by atoms with van der Waals surface area (Å²) in [6, 6.07) is -1.12. The van der Waals surface area contributed by atoms with Crippen LogP contribution in [-0.4, -0.2) is 39.7 Å². The Kier molecular flexibility index (Phi) is 4.20. The van der Waals surface area contributed by atoms with Crippen LogP contribution in [0.1, 0.15) is 16.9 Å². The molecule has 1 amide bonds. The highest BCUT2D eigenvalue weighted by Crippen LogP contribution is 2.11. The van der Waals surface area contributed by atoms with Gasteiger partial charge >= 0.3 is 5.97 Å². The van der Waals surface area contributed by atoms with Crippen LogP contribution in [-0.2, 0) is 4.79 Å². The maximum absolute atomic E-state index is 11.5. The largest absolute Gasteiger partial charge is 0.480 e. The zero-order valence-corrected chi connectivity index (χ0v) is 9.03. The minimum absolute atomic E-state index is 0.0549. The number of nitrogens with zero attached hydrogens (tertiary/aromatic N) is 1. The van der Waals surface area contributed by atoms with Crippen molar-refractivity contribution >= 4 is 28.3 Å². The molecule has 8 heteroatoms. The molecule has 0 saturated carbocycles. The molecule has 1 aromatic rings. The number of hydrogen-bond donors (Lipinski definition) is 4. The molecule has 0 spiro atoms. The smallest absolute Gasteiger partial charge is 0.326 e. The highest BCUT2D eigenvalue weighted by Gasteiger charge is 2.21. The zero-order valence-electron chi connectivity index (χ0n) is 8.21. The summed E-state index contributed by atoms with van der Waals surface area (Å²) in [4.78, 5) is 25.9. The van der Waals surface area contributed by atoms with Gasteiger partial charge in [0.05, 0.1) is 0 Å². The molecular formula is C8H11N3O4S. The number of carbonyl (C=O) groups excluding carboxylic acids is 1. The molecule has 0 bridgehead atoms. The number of aliphatic hydroxyl groups is 1. The number of aliphatic hydroxyl groups excluding tert-OH is 1. The van der Waals surface area contributed by atoms with Gasteiger partial charge in [-0.05, 0) is 0 Å². The molecule has 1 atom stereocenters. The summed E-state index contributed by atoms with van der Waals surface area (Å²) in [5.74, 6) is -1.82. The maximum atomic E-state index is 11.5. The van der Waals surface area contributed by atoms with Crippen molar-refractivity contribution in [2.24, 2.45) is 0 Å². The van der Waals surface area contributed by atoms with E-state index in [9.17, 15) is 9.59 Å². The van der Waals surface area contributed by atoms with Gasteiger partial charge in [0.25, 0.3) is 5.91 Å². The average molecular weight is 245 g/mol. The van der Waals surface area contributed by atoms with Gasteiger partial charge < -0.3 is 21.3 Å². The molecule has 16 heavy (non-hydrogen) atoms. The third kappa shape index (κ3) is 3.17. The van der Waals surface area contributed by atoms with Crippen LogP contribution in [0.4, 0.5) is 5.13 Å². The van der Waals surface area contributed by atoms with Crippen molar-refractivity contribution in [1.82, 2.24) is 10.3 Å². The summed E-state index contributed by atoms with van der Waals surface area (Å²) >= 11 is 1.09. The summed E-state index contributed by atoms with van der Waals surface area (Å²) in [6.07, 6.45) is -0.0549. The Morgan fingerprint density at radius 1 is 1.62 bits per heavy atom. The number of aromatic nitrogens is 1. The molecule has 0 saturated heterocycles. The van der Waals surface area contributed by atoms with Crippen LogP contribution in [0.2, 0.25) is 0 Å². The number of nitrogens with two attached hydrogens (primary N) is 1. The number of carboxylic acids is 1. The lowest BCUT2D eigenvalue weighted by atomic mass is 10.2. The van der Waals surface area contributed by atoms with E-state index in [1.54, 1.807) is 0 Å². The summed E-state index contributed by atoms with van der Waals surface area (Å²) in [5.41, 5.74) is 5.41. The van der Waals surface area contributed by atoms with E-state index in [0.29, 0.717) is 0 Å². The van der Waals surface area contributed by atoms with Crippen molar-refractivity contribution < 1.29 is 19.8 Å². The Labute approximate surface area is 94.9 Å². The molecule has 1 unspecified atom stereocenters. The number of thiazole rings is 1. The van der Waals surface area contributed by atoms with Crippen LogP contribution >= 0.6 is 11.3 Å². The molecule has 0 aromatic carbocycles. The highest BCUT2D eigenvalue weighted by atomic mass is 32.1. The number of carboxylic acid groups (broad SMARTS) is 1. The Hall–Kier alpha value is -1.67. The van der Waals surface area contributed by atoms with E-state index in [2.05, 4.69) is 10.3 Å².